The lowest BCUT2D eigenvalue weighted by Gasteiger charge is -2.46. The number of nitrogens with zero attached hydrogens (tertiary/aromatic N) is 4. The van der Waals surface area contributed by atoms with Gasteiger partial charge in [0, 0.05) is 42.6 Å². The van der Waals surface area contributed by atoms with Crippen LogP contribution in [0.5, 0.6) is 0 Å². The van der Waals surface area contributed by atoms with Crippen molar-refractivity contribution >= 4 is 34.0 Å². The summed E-state index contributed by atoms with van der Waals surface area (Å²) >= 11 is 0. The van der Waals surface area contributed by atoms with E-state index in [2.05, 4.69) is 0 Å². The molecule has 3 amide bonds. The number of alkyl halides is 3. The predicted octanol–water partition coefficient (Wildman–Crippen LogP) is 5.79. The molecular formula is C30H29F3N4O5S. The first-order valence-electron chi connectivity index (χ1n) is 13.9. The Morgan fingerprint density at radius 1 is 1.09 bits per heavy atom. The number of nitriles is 1. The molecule has 6 rings (SSSR count). The molecule has 9 nitrogen and oxygen atoms in total. The summed E-state index contributed by atoms with van der Waals surface area (Å²) in [7, 11) is -3.50. The highest BCUT2D eigenvalue weighted by atomic mass is 32.3. The van der Waals surface area contributed by atoms with Crippen molar-refractivity contribution in [2.45, 2.75) is 42.8 Å². The van der Waals surface area contributed by atoms with E-state index in [0.717, 1.165) is 34.6 Å². The smallest absolute Gasteiger partial charge is 0.341 e. The fourth-order valence-corrected chi connectivity index (χ4v) is 7.46. The largest absolute Gasteiger partial charge is 0.416 e. The minimum absolute atomic E-state index is 0.0537. The Morgan fingerprint density at radius 2 is 1.81 bits per heavy atom. The number of hydrogen-bond donors (Lipinski definition) is 2. The molecule has 2 aliphatic carbocycles. The summed E-state index contributed by atoms with van der Waals surface area (Å²) in [5.41, 5.74) is -0.470. The number of amides is 3. The zero-order chi connectivity index (χ0) is 30.8. The highest BCUT2D eigenvalue weighted by Crippen LogP contribution is 2.53. The average molecular weight is 615 g/mol. The van der Waals surface area contributed by atoms with Crippen LogP contribution in [0, 0.1) is 23.2 Å². The number of benzene rings is 2. The van der Waals surface area contributed by atoms with E-state index in [1.165, 1.54) is 30.3 Å². The molecule has 2 N–H and O–H groups in total. The molecule has 4 aliphatic rings. The second-order valence-corrected chi connectivity index (χ2v) is 13.7. The van der Waals surface area contributed by atoms with Crippen molar-refractivity contribution < 1.29 is 36.7 Å². The molecule has 3 atom stereocenters. The number of urea groups is 1. The van der Waals surface area contributed by atoms with Crippen LogP contribution in [0.1, 0.15) is 48.4 Å². The molecule has 226 valence electrons. The number of piperidine rings is 1. The van der Waals surface area contributed by atoms with E-state index in [1.807, 2.05) is 6.07 Å². The number of hydrogen-bond acceptors (Lipinski definition) is 6. The van der Waals surface area contributed by atoms with E-state index in [0.29, 0.717) is 31.3 Å². The molecule has 2 aromatic rings. The highest BCUT2D eigenvalue weighted by molar-refractivity contribution is 8.23. The molecule has 0 spiro atoms. The van der Waals surface area contributed by atoms with Gasteiger partial charge in [0.1, 0.15) is 6.54 Å². The van der Waals surface area contributed by atoms with Gasteiger partial charge < -0.3 is 9.80 Å². The minimum Gasteiger partial charge on any atom is -0.341 e. The quantitative estimate of drug-likeness (QED) is 0.440. The third kappa shape index (κ3) is 5.28. The van der Waals surface area contributed by atoms with Gasteiger partial charge in [-0.05, 0) is 61.4 Å². The molecule has 2 aromatic carbocycles. The van der Waals surface area contributed by atoms with Gasteiger partial charge in [0.2, 0.25) is 5.91 Å². The molecule has 43 heavy (non-hydrogen) atoms. The Balaban J connectivity index is 1.55. The Bertz CT molecular complexity index is 1600. The van der Waals surface area contributed by atoms with Crippen LogP contribution in [0.3, 0.4) is 0 Å². The predicted molar refractivity (Wildman–Crippen MR) is 151 cm³/mol. The Hall–Kier alpha value is -3.86. The maximum Gasteiger partial charge on any atom is 0.416 e. The third-order valence-electron chi connectivity index (χ3n) is 8.64. The van der Waals surface area contributed by atoms with Crippen LogP contribution in [0.15, 0.2) is 58.6 Å². The number of carbonyl (C=O) groups is 3. The van der Waals surface area contributed by atoms with Crippen LogP contribution in [-0.4, -0.2) is 62.5 Å². The first-order chi connectivity index (χ1) is 20.3. The van der Waals surface area contributed by atoms with Crippen molar-refractivity contribution in [1.29, 1.82) is 5.26 Å². The number of ketones is 1. The standard InChI is InChI=1S/C30H29F3N4O5S/c1-43(41,42)25-10-17(13-34)8-9-22(25)28-27-23(6-3-7-24(27)38)37(21-5-2-4-20(12-21)30(31,32)33)29(40)36(28)16-26(39)35-14-18-11-19(18)15-35/h2,4-5,8-10,12,18-19,28,41-42H,3,6-7,11,14-16H2,1H3. The number of halogens is 3. The number of anilines is 1. The molecule has 0 bridgehead atoms. The van der Waals surface area contributed by atoms with Gasteiger partial charge in [-0.15, -0.1) is 0 Å². The maximum absolute atomic E-state index is 14.4. The fourth-order valence-electron chi connectivity index (χ4n) is 6.48. The van der Waals surface area contributed by atoms with E-state index in [-0.39, 0.29) is 57.5 Å². The van der Waals surface area contributed by atoms with E-state index >= 15 is 0 Å². The number of carbonyl (C=O) groups excluding carboxylic acids is 3. The van der Waals surface area contributed by atoms with Crippen LogP contribution in [-0.2, 0) is 15.8 Å². The number of Topliss-reactive ketones (excluding diaryl/α,β-unsaturated/α-hetero) is 1. The van der Waals surface area contributed by atoms with E-state index in [1.54, 1.807) is 4.90 Å². The molecular weight excluding hydrogens is 585 g/mol. The second kappa shape index (κ2) is 10.4. The van der Waals surface area contributed by atoms with Gasteiger partial charge >= 0.3 is 12.2 Å². The summed E-state index contributed by atoms with van der Waals surface area (Å²) in [6.45, 7) is 0.598. The second-order valence-electron chi connectivity index (χ2n) is 11.6. The molecule has 2 aliphatic heterocycles. The Morgan fingerprint density at radius 3 is 2.47 bits per heavy atom. The number of rotatable bonds is 5. The van der Waals surface area contributed by atoms with Gasteiger partial charge in [-0.25, -0.2) is 4.79 Å². The summed E-state index contributed by atoms with van der Waals surface area (Å²) < 4.78 is 62.6. The molecule has 0 aromatic heterocycles. The van der Waals surface area contributed by atoms with Crippen molar-refractivity contribution in [3.8, 4) is 6.07 Å². The van der Waals surface area contributed by atoms with E-state index in [9.17, 15) is 41.9 Å². The van der Waals surface area contributed by atoms with E-state index < -0.39 is 40.9 Å². The first-order valence-corrected chi connectivity index (χ1v) is 15.8. The van der Waals surface area contributed by atoms with Gasteiger partial charge in [0.05, 0.1) is 33.8 Å². The number of likely N-dealkylation sites (tertiary alicyclic amines) is 1. The zero-order valence-electron chi connectivity index (χ0n) is 23.2. The van der Waals surface area contributed by atoms with Gasteiger partial charge in [0.25, 0.3) is 0 Å². The normalized spacial score (nSPS) is 24.1. The zero-order valence-corrected chi connectivity index (χ0v) is 24.0. The molecule has 0 radical (unpaired) electrons. The molecule has 13 heteroatoms. The monoisotopic (exact) mass is 614 g/mol. The van der Waals surface area contributed by atoms with Crippen molar-refractivity contribution in [3.05, 3.63) is 70.4 Å². The Labute approximate surface area is 247 Å². The van der Waals surface area contributed by atoms with Crippen molar-refractivity contribution in [2.24, 2.45) is 11.8 Å². The van der Waals surface area contributed by atoms with Crippen molar-refractivity contribution in [2.75, 3.05) is 30.8 Å². The van der Waals surface area contributed by atoms with Crippen LogP contribution in [0.25, 0.3) is 0 Å². The van der Waals surface area contributed by atoms with Crippen molar-refractivity contribution in [3.63, 3.8) is 0 Å². The van der Waals surface area contributed by atoms with Crippen LogP contribution < -0.4 is 4.90 Å². The molecule has 2 heterocycles. The summed E-state index contributed by atoms with van der Waals surface area (Å²) in [6.07, 6.45) is -1.83. The first kappa shape index (κ1) is 29.2. The molecule has 1 saturated carbocycles. The highest BCUT2D eigenvalue weighted by Gasteiger charge is 2.50. The van der Waals surface area contributed by atoms with Gasteiger partial charge in [-0.2, -0.15) is 29.0 Å². The summed E-state index contributed by atoms with van der Waals surface area (Å²) in [6, 6.07) is 8.32. The SMILES string of the molecule is CS(O)(O)c1cc(C#N)ccc1C1C2=C(CCCC2=O)N(c2cccc(C(F)(F)F)c2)C(=O)N1CC(=O)N1CC2CC2C1. The van der Waals surface area contributed by atoms with Gasteiger partial charge in [-0.1, -0.05) is 12.1 Å². The Kier molecular flexibility index (Phi) is 7.06. The summed E-state index contributed by atoms with van der Waals surface area (Å²) in [5, 5.41) is 9.49. The van der Waals surface area contributed by atoms with Crippen LogP contribution >= 0.6 is 10.6 Å². The van der Waals surface area contributed by atoms with Crippen molar-refractivity contribution in [1.82, 2.24) is 9.80 Å². The van der Waals surface area contributed by atoms with Gasteiger partial charge in [-0.3, -0.25) is 23.6 Å². The average Bonchev–Trinajstić information content (AvgIpc) is 3.56. The molecule has 3 unspecified atom stereocenters. The topological polar surface area (TPSA) is 125 Å². The van der Waals surface area contributed by atoms with Crippen LogP contribution in [0.4, 0.5) is 23.7 Å². The van der Waals surface area contributed by atoms with E-state index in [4.69, 9.17) is 0 Å². The molecule has 1 saturated heterocycles. The lowest BCUT2D eigenvalue weighted by atomic mass is 9.83. The molecule has 2 fully saturated rings. The summed E-state index contributed by atoms with van der Waals surface area (Å²) in [4.78, 5) is 45.5. The number of fused-ring (bicyclic) bond motifs is 1. The maximum atomic E-state index is 14.4. The summed E-state index contributed by atoms with van der Waals surface area (Å²) in [5.74, 6) is 0.0790. The lowest BCUT2D eigenvalue weighted by Crippen LogP contribution is -2.55. The minimum atomic E-state index is -4.68. The van der Waals surface area contributed by atoms with Crippen LogP contribution in [0.2, 0.25) is 0 Å². The lowest BCUT2D eigenvalue weighted by molar-refractivity contribution is -0.137. The third-order valence-corrected chi connectivity index (χ3v) is 9.83. The van der Waals surface area contributed by atoms with Gasteiger partial charge in [0.15, 0.2) is 5.78 Å². The number of allylic oxidation sites excluding steroid dienone is 1. The fraction of sp³-hybridized carbons (Fsp3) is 0.400.